The van der Waals surface area contributed by atoms with E-state index in [9.17, 15) is 9.90 Å². The molecule has 0 bridgehead atoms. The molecule has 0 aliphatic carbocycles. The third-order valence-corrected chi connectivity index (χ3v) is 3.83. The second-order valence-electron chi connectivity index (χ2n) is 5.23. The number of imidazole rings is 1. The minimum Gasteiger partial charge on any atom is -0.507 e. The van der Waals surface area contributed by atoms with Crippen LogP contribution in [-0.2, 0) is 13.0 Å². The standard InChI is InChI=1S/C17H16ClN3O2/c1-2-11-3-5-15(22)14(7-11)17(23)19-8-13-10-21-9-12(18)4-6-16(21)20-13/h3-7,9-10,22H,2,8H2,1H3,(H,19,23). The molecule has 0 saturated carbocycles. The Morgan fingerprint density at radius 1 is 1.30 bits per heavy atom. The Morgan fingerprint density at radius 2 is 2.13 bits per heavy atom. The molecule has 2 heterocycles. The van der Waals surface area contributed by atoms with Gasteiger partial charge in [0.25, 0.3) is 5.91 Å². The van der Waals surface area contributed by atoms with Crippen molar-refractivity contribution in [2.45, 2.75) is 19.9 Å². The van der Waals surface area contributed by atoms with E-state index >= 15 is 0 Å². The van der Waals surface area contributed by atoms with Crippen LogP contribution in [0.15, 0.2) is 42.7 Å². The molecule has 3 rings (SSSR count). The molecule has 1 amide bonds. The van der Waals surface area contributed by atoms with E-state index in [2.05, 4.69) is 10.3 Å². The molecule has 6 heteroatoms. The monoisotopic (exact) mass is 329 g/mol. The van der Waals surface area contributed by atoms with Crippen molar-refractivity contribution in [2.75, 3.05) is 0 Å². The smallest absolute Gasteiger partial charge is 0.255 e. The number of phenolic OH excluding ortho intramolecular Hbond substituents is 1. The van der Waals surface area contributed by atoms with Crippen LogP contribution in [0, 0.1) is 0 Å². The van der Waals surface area contributed by atoms with Crippen LogP contribution in [0.25, 0.3) is 5.65 Å². The number of pyridine rings is 1. The second kappa shape index (κ2) is 6.30. The molecule has 5 nitrogen and oxygen atoms in total. The van der Waals surface area contributed by atoms with Gasteiger partial charge in [0.1, 0.15) is 11.4 Å². The Hall–Kier alpha value is -2.53. The number of phenols is 1. The highest BCUT2D eigenvalue weighted by Crippen LogP contribution is 2.19. The first-order chi connectivity index (χ1) is 11.1. The zero-order chi connectivity index (χ0) is 16.4. The summed E-state index contributed by atoms with van der Waals surface area (Å²) in [7, 11) is 0. The number of aryl methyl sites for hydroxylation is 1. The van der Waals surface area contributed by atoms with Crippen molar-refractivity contribution in [1.29, 1.82) is 0 Å². The molecule has 0 radical (unpaired) electrons. The molecule has 0 fully saturated rings. The van der Waals surface area contributed by atoms with Crippen molar-refractivity contribution in [1.82, 2.24) is 14.7 Å². The fraction of sp³-hybridized carbons (Fsp3) is 0.176. The average molecular weight is 330 g/mol. The highest BCUT2D eigenvalue weighted by Gasteiger charge is 2.12. The number of hydrogen-bond donors (Lipinski definition) is 2. The van der Waals surface area contributed by atoms with Crippen LogP contribution >= 0.6 is 11.6 Å². The van der Waals surface area contributed by atoms with Gasteiger partial charge in [0, 0.05) is 12.4 Å². The minimum absolute atomic E-state index is 0.0264. The molecule has 0 aliphatic rings. The summed E-state index contributed by atoms with van der Waals surface area (Å²) in [5.74, 6) is -0.352. The van der Waals surface area contributed by atoms with Gasteiger partial charge in [-0.05, 0) is 36.2 Å². The number of carbonyl (C=O) groups excluding carboxylic acids is 1. The minimum atomic E-state index is -0.326. The van der Waals surface area contributed by atoms with Crippen LogP contribution in [0.5, 0.6) is 5.75 Å². The number of benzene rings is 1. The Labute approximate surface area is 138 Å². The number of nitrogens with one attached hydrogen (secondary N) is 1. The molecular formula is C17H16ClN3O2. The van der Waals surface area contributed by atoms with E-state index in [0.29, 0.717) is 10.7 Å². The van der Waals surface area contributed by atoms with Gasteiger partial charge >= 0.3 is 0 Å². The lowest BCUT2D eigenvalue weighted by Gasteiger charge is -2.07. The Bertz CT molecular complexity index is 873. The summed E-state index contributed by atoms with van der Waals surface area (Å²) >= 11 is 5.94. The van der Waals surface area contributed by atoms with Gasteiger partial charge in [-0.3, -0.25) is 4.79 Å². The number of amides is 1. The van der Waals surface area contributed by atoms with Gasteiger partial charge in [0.2, 0.25) is 0 Å². The second-order valence-corrected chi connectivity index (χ2v) is 5.67. The van der Waals surface area contributed by atoms with E-state index in [1.54, 1.807) is 34.9 Å². The molecular weight excluding hydrogens is 314 g/mol. The third-order valence-electron chi connectivity index (χ3n) is 3.61. The first kappa shape index (κ1) is 15.4. The molecule has 2 N–H and O–H groups in total. The molecule has 23 heavy (non-hydrogen) atoms. The van der Waals surface area contributed by atoms with Gasteiger partial charge in [-0.1, -0.05) is 24.6 Å². The average Bonchev–Trinajstić information content (AvgIpc) is 2.95. The fourth-order valence-corrected chi connectivity index (χ4v) is 2.52. The van der Waals surface area contributed by atoms with E-state index in [1.165, 1.54) is 0 Å². The quantitative estimate of drug-likeness (QED) is 0.772. The number of nitrogens with zero attached hydrogens (tertiary/aromatic N) is 2. The Morgan fingerprint density at radius 3 is 2.91 bits per heavy atom. The van der Waals surface area contributed by atoms with Crippen LogP contribution < -0.4 is 5.32 Å². The normalized spacial score (nSPS) is 10.9. The van der Waals surface area contributed by atoms with Crippen LogP contribution in [0.3, 0.4) is 0 Å². The van der Waals surface area contributed by atoms with Crippen molar-refractivity contribution in [3.05, 3.63) is 64.6 Å². The van der Waals surface area contributed by atoms with E-state index < -0.39 is 0 Å². The largest absolute Gasteiger partial charge is 0.507 e. The van der Waals surface area contributed by atoms with Crippen molar-refractivity contribution >= 4 is 23.2 Å². The highest BCUT2D eigenvalue weighted by atomic mass is 35.5. The van der Waals surface area contributed by atoms with Gasteiger partial charge < -0.3 is 14.8 Å². The number of aromatic nitrogens is 2. The summed E-state index contributed by atoms with van der Waals surface area (Å²) in [6.45, 7) is 2.27. The number of halogens is 1. The van der Waals surface area contributed by atoms with Crippen LogP contribution in [-0.4, -0.2) is 20.4 Å². The van der Waals surface area contributed by atoms with Crippen molar-refractivity contribution in [3.63, 3.8) is 0 Å². The molecule has 0 atom stereocenters. The topological polar surface area (TPSA) is 66.6 Å². The van der Waals surface area contributed by atoms with E-state index in [-0.39, 0.29) is 23.8 Å². The van der Waals surface area contributed by atoms with Gasteiger partial charge in [-0.25, -0.2) is 4.98 Å². The fourth-order valence-electron chi connectivity index (χ4n) is 2.35. The SMILES string of the molecule is CCc1ccc(O)c(C(=O)NCc2cn3cc(Cl)ccc3n2)c1. The molecule has 0 aliphatic heterocycles. The van der Waals surface area contributed by atoms with Crippen LogP contribution in [0.1, 0.15) is 28.5 Å². The molecule has 0 saturated heterocycles. The lowest BCUT2D eigenvalue weighted by Crippen LogP contribution is -2.23. The molecule has 3 aromatic rings. The predicted molar refractivity (Wildman–Crippen MR) is 88.9 cm³/mol. The maximum absolute atomic E-state index is 12.2. The molecule has 0 spiro atoms. The Balaban J connectivity index is 1.75. The van der Waals surface area contributed by atoms with E-state index in [1.807, 2.05) is 19.2 Å². The highest BCUT2D eigenvalue weighted by molar-refractivity contribution is 6.30. The molecule has 2 aromatic heterocycles. The van der Waals surface area contributed by atoms with Gasteiger partial charge in [0.05, 0.1) is 22.8 Å². The number of aromatic hydroxyl groups is 1. The Kier molecular flexibility index (Phi) is 4.21. The zero-order valence-corrected chi connectivity index (χ0v) is 13.3. The predicted octanol–water partition coefficient (Wildman–Crippen LogP) is 3.19. The van der Waals surface area contributed by atoms with Crippen molar-refractivity contribution in [3.8, 4) is 5.75 Å². The van der Waals surface area contributed by atoms with Crippen molar-refractivity contribution < 1.29 is 9.90 Å². The first-order valence-corrected chi connectivity index (χ1v) is 7.68. The zero-order valence-electron chi connectivity index (χ0n) is 12.6. The summed E-state index contributed by atoms with van der Waals surface area (Å²) in [6, 6.07) is 8.62. The lowest BCUT2D eigenvalue weighted by atomic mass is 10.1. The van der Waals surface area contributed by atoms with E-state index in [0.717, 1.165) is 17.6 Å². The molecule has 118 valence electrons. The number of rotatable bonds is 4. The maximum atomic E-state index is 12.2. The number of hydrogen-bond acceptors (Lipinski definition) is 3. The summed E-state index contributed by atoms with van der Waals surface area (Å²) in [5.41, 5.74) is 2.74. The summed E-state index contributed by atoms with van der Waals surface area (Å²) < 4.78 is 1.80. The molecule has 0 unspecified atom stereocenters. The van der Waals surface area contributed by atoms with Gasteiger partial charge in [-0.15, -0.1) is 0 Å². The summed E-state index contributed by atoms with van der Waals surface area (Å²) in [5, 5.41) is 13.2. The maximum Gasteiger partial charge on any atom is 0.255 e. The van der Waals surface area contributed by atoms with Crippen LogP contribution in [0.4, 0.5) is 0 Å². The van der Waals surface area contributed by atoms with E-state index in [4.69, 9.17) is 11.6 Å². The van der Waals surface area contributed by atoms with Gasteiger partial charge in [0.15, 0.2) is 0 Å². The van der Waals surface area contributed by atoms with Gasteiger partial charge in [-0.2, -0.15) is 0 Å². The molecule has 1 aromatic carbocycles. The number of fused-ring (bicyclic) bond motifs is 1. The third kappa shape index (κ3) is 3.29. The first-order valence-electron chi connectivity index (χ1n) is 7.30. The van der Waals surface area contributed by atoms with Crippen LogP contribution in [0.2, 0.25) is 5.02 Å². The summed E-state index contributed by atoms with van der Waals surface area (Å²) in [6.07, 6.45) is 4.36. The number of carbonyl (C=O) groups is 1. The summed E-state index contributed by atoms with van der Waals surface area (Å²) in [4.78, 5) is 16.7. The lowest BCUT2D eigenvalue weighted by molar-refractivity contribution is 0.0947. The van der Waals surface area contributed by atoms with Crippen molar-refractivity contribution in [2.24, 2.45) is 0 Å².